The van der Waals surface area contributed by atoms with Crippen molar-refractivity contribution in [2.24, 2.45) is 5.92 Å². The van der Waals surface area contributed by atoms with Crippen LogP contribution in [0.5, 0.6) is 0 Å². The van der Waals surface area contributed by atoms with E-state index >= 15 is 0 Å². The monoisotopic (exact) mass is 273 g/mol. The summed E-state index contributed by atoms with van der Waals surface area (Å²) in [6, 6.07) is 5.15. The van der Waals surface area contributed by atoms with E-state index in [9.17, 15) is 9.59 Å². The molecule has 7 heteroatoms. The van der Waals surface area contributed by atoms with Crippen molar-refractivity contribution in [1.82, 2.24) is 9.97 Å². The fourth-order valence-corrected chi connectivity index (χ4v) is 2.11. The highest BCUT2D eigenvalue weighted by Crippen LogP contribution is 2.24. The SMILES string of the molecule is O=C(O)C1CC(=O)N(c2nccc(-c3ccco3)n2)C1. The number of anilines is 1. The van der Waals surface area contributed by atoms with Crippen molar-refractivity contribution < 1.29 is 19.1 Å². The number of carbonyl (C=O) groups is 2. The first-order valence-electron chi connectivity index (χ1n) is 6.05. The van der Waals surface area contributed by atoms with Crippen LogP contribution in [-0.2, 0) is 9.59 Å². The van der Waals surface area contributed by atoms with Gasteiger partial charge < -0.3 is 9.52 Å². The van der Waals surface area contributed by atoms with Crippen molar-refractivity contribution in [1.29, 1.82) is 0 Å². The number of rotatable bonds is 3. The number of aromatic nitrogens is 2. The van der Waals surface area contributed by atoms with Crippen LogP contribution in [0.2, 0.25) is 0 Å². The van der Waals surface area contributed by atoms with Crippen LogP contribution >= 0.6 is 0 Å². The number of furan rings is 1. The lowest BCUT2D eigenvalue weighted by atomic mass is 10.1. The molecule has 3 heterocycles. The lowest BCUT2D eigenvalue weighted by Crippen LogP contribution is -2.27. The number of hydrogen-bond acceptors (Lipinski definition) is 5. The Hall–Kier alpha value is -2.70. The van der Waals surface area contributed by atoms with Crippen LogP contribution in [0.4, 0.5) is 5.95 Å². The van der Waals surface area contributed by atoms with Gasteiger partial charge in [-0.05, 0) is 18.2 Å². The molecule has 0 spiro atoms. The van der Waals surface area contributed by atoms with Crippen molar-refractivity contribution in [3.05, 3.63) is 30.7 Å². The number of nitrogens with zero attached hydrogens (tertiary/aromatic N) is 3. The zero-order chi connectivity index (χ0) is 14.1. The molecule has 1 fully saturated rings. The van der Waals surface area contributed by atoms with Crippen LogP contribution in [0.3, 0.4) is 0 Å². The first kappa shape index (κ1) is 12.3. The smallest absolute Gasteiger partial charge is 0.308 e. The van der Waals surface area contributed by atoms with Crippen LogP contribution in [0.1, 0.15) is 6.42 Å². The summed E-state index contributed by atoms with van der Waals surface area (Å²) in [6.45, 7) is 0.0930. The molecule has 0 bridgehead atoms. The quantitative estimate of drug-likeness (QED) is 0.901. The minimum Gasteiger partial charge on any atom is -0.481 e. The van der Waals surface area contributed by atoms with E-state index < -0.39 is 11.9 Å². The maximum Gasteiger partial charge on any atom is 0.308 e. The lowest BCUT2D eigenvalue weighted by molar-refractivity contribution is -0.141. The summed E-state index contributed by atoms with van der Waals surface area (Å²) in [5.74, 6) is -1.21. The molecule has 0 aromatic carbocycles. The normalized spacial score (nSPS) is 18.5. The molecule has 1 atom stereocenters. The van der Waals surface area contributed by atoms with Crippen LogP contribution in [-0.4, -0.2) is 33.5 Å². The van der Waals surface area contributed by atoms with Gasteiger partial charge in [0.05, 0.1) is 12.2 Å². The Balaban J connectivity index is 1.90. The van der Waals surface area contributed by atoms with E-state index in [1.54, 1.807) is 18.2 Å². The Morgan fingerprint density at radius 2 is 2.30 bits per heavy atom. The molecule has 1 amide bonds. The molecular formula is C13H11N3O4. The summed E-state index contributed by atoms with van der Waals surface area (Å²) in [6.07, 6.45) is 3.02. The fourth-order valence-electron chi connectivity index (χ4n) is 2.11. The van der Waals surface area contributed by atoms with Gasteiger partial charge in [0.1, 0.15) is 5.69 Å². The minimum absolute atomic E-state index is 0.0241. The van der Waals surface area contributed by atoms with E-state index in [2.05, 4.69) is 9.97 Å². The highest BCUT2D eigenvalue weighted by molar-refractivity contribution is 5.97. The van der Waals surface area contributed by atoms with Gasteiger partial charge in [0.15, 0.2) is 5.76 Å². The number of carboxylic acid groups (broad SMARTS) is 1. The zero-order valence-corrected chi connectivity index (χ0v) is 10.4. The number of carbonyl (C=O) groups excluding carboxylic acids is 1. The van der Waals surface area contributed by atoms with E-state index in [1.807, 2.05) is 0 Å². The number of amides is 1. The average molecular weight is 273 g/mol. The minimum atomic E-state index is -0.983. The molecule has 1 N–H and O–H groups in total. The Morgan fingerprint density at radius 1 is 1.45 bits per heavy atom. The maximum absolute atomic E-state index is 11.8. The van der Waals surface area contributed by atoms with Gasteiger partial charge in [-0.2, -0.15) is 0 Å². The largest absolute Gasteiger partial charge is 0.481 e. The first-order chi connectivity index (χ1) is 9.65. The molecule has 1 saturated heterocycles. The Kier molecular flexibility index (Phi) is 2.94. The molecule has 20 heavy (non-hydrogen) atoms. The number of carboxylic acids is 1. The Bertz CT molecular complexity index is 653. The van der Waals surface area contributed by atoms with Gasteiger partial charge in [0.2, 0.25) is 11.9 Å². The molecule has 1 aliphatic heterocycles. The molecule has 1 aliphatic rings. The lowest BCUT2D eigenvalue weighted by Gasteiger charge is -2.13. The number of hydrogen-bond donors (Lipinski definition) is 1. The van der Waals surface area contributed by atoms with Gasteiger partial charge in [-0.15, -0.1) is 0 Å². The summed E-state index contributed by atoms with van der Waals surface area (Å²) < 4.78 is 5.24. The molecule has 7 nitrogen and oxygen atoms in total. The molecule has 0 aliphatic carbocycles. The van der Waals surface area contributed by atoms with Crippen LogP contribution in [0, 0.1) is 5.92 Å². The third kappa shape index (κ3) is 2.13. The zero-order valence-electron chi connectivity index (χ0n) is 10.4. The van der Waals surface area contributed by atoms with Gasteiger partial charge in [-0.25, -0.2) is 9.97 Å². The molecular weight excluding hydrogens is 262 g/mol. The summed E-state index contributed by atoms with van der Waals surface area (Å²) in [5.41, 5.74) is 0.548. The predicted octanol–water partition coefficient (Wildman–Crippen LogP) is 1.17. The summed E-state index contributed by atoms with van der Waals surface area (Å²) in [5, 5.41) is 8.97. The third-order valence-corrected chi connectivity index (χ3v) is 3.13. The second-order valence-corrected chi connectivity index (χ2v) is 4.46. The second-order valence-electron chi connectivity index (χ2n) is 4.46. The molecule has 2 aromatic heterocycles. The standard InChI is InChI=1S/C13H11N3O4/c17-11-6-8(12(18)19)7-16(11)13-14-4-3-9(15-13)10-2-1-5-20-10/h1-5,8H,6-7H2,(H,18,19). The van der Waals surface area contributed by atoms with E-state index in [0.29, 0.717) is 11.5 Å². The van der Waals surface area contributed by atoms with E-state index in [1.165, 1.54) is 17.4 Å². The van der Waals surface area contributed by atoms with Crippen molar-refractivity contribution in [2.75, 3.05) is 11.4 Å². The van der Waals surface area contributed by atoms with Crippen LogP contribution < -0.4 is 4.90 Å². The Morgan fingerprint density at radius 3 is 2.95 bits per heavy atom. The summed E-state index contributed by atoms with van der Waals surface area (Å²) in [7, 11) is 0. The molecule has 1 unspecified atom stereocenters. The van der Waals surface area contributed by atoms with E-state index in [4.69, 9.17) is 9.52 Å². The molecule has 0 saturated carbocycles. The fraction of sp³-hybridized carbons (Fsp3) is 0.231. The van der Waals surface area contributed by atoms with E-state index in [-0.39, 0.29) is 24.8 Å². The van der Waals surface area contributed by atoms with Gasteiger partial charge in [-0.3, -0.25) is 14.5 Å². The molecule has 0 radical (unpaired) electrons. The average Bonchev–Trinajstić information content (AvgIpc) is 3.08. The summed E-state index contributed by atoms with van der Waals surface area (Å²) >= 11 is 0. The first-order valence-corrected chi connectivity index (χ1v) is 6.05. The molecule has 102 valence electrons. The van der Waals surface area contributed by atoms with E-state index in [0.717, 1.165) is 0 Å². The molecule has 2 aromatic rings. The van der Waals surface area contributed by atoms with Crippen molar-refractivity contribution in [2.45, 2.75) is 6.42 Å². The third-order valence-electron chi connectivity index (χ3n) is 3.13. The second kappa shape index (κ2) is 4.76. The van der Waals surface area contributed by atoms with Gasteiger partial charge >= 0.3 is 5.97 Å². The molecule has 3 rings (SSSR count). The van der Waals surface area contributed by atoms with Gasteiger partial charge in [-0.1, -0.05) is 0 Å². The van der Waals surface area contributed by atoms with Gasteiger partial charge in [0.25, 0.3) is 0 Å². The van der Waals surface area contributed by atoms with Crippen molar-refractivity contribution in [3.8, 4) is 11.5 Å². The van der Waals surface area contributed by atoms with Gasteiger partial charge in [0, 0.05) is 19.2 Å². The van der Waals surface area contributed by atoms with Crippen LogP contribution in [0.15, 0.2) is 35.1 Å². The highest BCUT2D eigenvalue weighted by atomic mass is 16.4. The number of aliphatic carboxylic acids is 1. The van der Waals surface area contributed by atoms with Crippen molar-refractivity contribution >= 4 is 17.8 Å². The predicted molar refractivity (Wildman–Crippen MR) is 67.8 cm³/mol. The maximum atomic E-state index is 11.8. The summed E-state index contributed by atoms with van der Waals surface area (Å²) in [4.78, 5) is 32.4. The Labute approximate surface area is 113 Å². The topological polar surface area (TPSA) is 96.5 Å². The van der Waals surface area contributed by atoms with Crippen LogP contribution in [0.25, 0.3) is 11.5 Å². The highest BCUT2D eigenvalue weighted by Gasteiger charge is 2.36. The van der Waals surface area contributed by atoms with Crippen molar-refractivity contribution in [3.63, 3.8) is 0 Å².